The fraction of sp³-hybridized carbons (Fsp3) is 0.714. The van der Waals surface area contributed by atoms with Crippen molar-refractivity contribution in [1.82, 2.24) is 0 Å². The number of benzene rings is 1. The van der Waals surface area contributed by atoms with E-state index < -0.39 is 5.67 Å². The van der Waals surface area contributed by atoms with E-state index in [1.165, 1.54) is 12.8 Å². The molecule has 24 heavy (non-hydrogen) atoms. The summed E-state index contributed by atoms with van der Waals surface area (Å²) in [5, 5.41) is 10.3. The van der Waals surface area contributed by atoms with Gasteiger partial charge >= 0.3 is 0 Å². The van der Waals surface area contributed by atoms with E-state index in [1.54, 1.807) is 13.8 Å². The Labute approximate surface area is 146 Å². The number of aromatic hydroxyl groups is 1. The van der Waals surface area contributed by atoms with Gasteiger partial charge in [0.15, 0.2) is 0 Å². The first kappa shape index (κ1) is 19.1. The van der Waals surface area contributed by atoms with Gasteiger partial charge in [-0.1, -0.05) is 19.8 Å². The lowest BCUT2D eigenvalue weighted by molar-refractivity contribution is 0.0480. The van der Waals surface area contributed by atoms with Crippen LogP contribution >= 0.6 is 0 Å². The highest BCUT2D eigenvalue weighted by Crippen LogP contribution is 2.41. The van der Waals surface area contributed by atoms with Gasteiger partial charge in [0.1, 0.15) is 22.8 Å². The van der Waals surface area contributed by atoms with Crippen LogP contribution in [0.3, 0.4) is 0 Å². The minimum absolute atomic E-state index is 0.257. The molecule has 0 saturated carbocycles. The Morgan fingerprint density at radius 1 is 1.25 bits per heavy atom. The third kappa shape index (κ3) is 5.39. The Hall–Kier alpha value is -1.25. The number of alkyl halides is 1. The summed E-state index contributed by atoms with van der Waals surface area (Å²) in [6.07, 6.45) is 8.43. The van der Waals surface area contributed by atoms with E-state index in [9.17, 15) is 9.50 Å². The van der Waals surface area contributed by atoms with Gasteiger partial charge in [-0.25, -0.2) is 4.39 Å². The Morgan fingerprint density at radius 3 is 2.67 bits per heavy atom. The number of phenols is 1. The molecule has 1 aliphatic rings. The van der Waals surface area contributed by atoms with Crippen molar-refractivity contribution in [3.05, 3.63) is 23.3 Å². The molecule has 0 bridgehead atoms. The molecule has 0 aliphatic carbocycles. The maximum absolute atomic E-state index is 13.7. The molecule has 1 aromatic rings. The summed E-state index contributed by atoms with van der Waals surface area (Å²) in [6, 6.07) is 3.99. The third-order valence-electron chi connectivity index (χ3n) is 5.05. The molecule has 1 aliphatic heterocycles. The molecule has 136 valence electrons. The molecule has 0 unspecified atom stereocenters. The monoisotopic (exact) mass is 336 g/mol. The van der Waals surface area contributed by atoms with Crippen LogP contribution in [0.2, 0.25) is 0 Å². The van der Waals surface area contributed by atoms with Gasteiger partial charge in [-0.15, -0.1) is 0 Å². The quantitative estimate of drug-likeness (QED) is 0.579. The van der Waals surface area contributed by atoms with Crippen LogP contribution in [0.5, 0.6) is 11.5 Å². The minimum atomic E-state index is -1.12. The standard InChI is InChI=1S/C21H33FO2/c1-5-6-7-9-16-14-18(23)17-10-13-21(4,24-19(17)15-16)12-8-11-20(2,3)22/h14-15,23H,5-13H2,1-4H3/t21-/m0/s1. The zero-order valence-electron chi connectivity index (χ0n) is 15.8. The zero-order valence-corrected chi connectivity index (χ0v) is 15.8. The molecule has 0 fully saturated rings. The molecule has 1 heterocycles. The van der Waals surface area contributed by atoms with Gasteiger partial charge in [0.25, 0.3) is 0 Å². The summed E-state index contributed by atoms with van der Waals surface area (Å²) in [6.45, 7) is 7.57. The summed E-state index contributed by atoms with van der Waals surface area (Å²) in [4.78, 5) is 0. The van der Waals surface area contributed by atoms with Gasteiger partial charge < -0.3 is 9.84 Å². The third-order valence-corrected chi connectivity index (χ3v) is 5.05. The number of phenolic OH excluding ortho intramolecular Hbond substituents is 1. The Kier molecular flexibility index (Phi) is 6.17. The highest BCUT2D eigenvalue weighted by Gasteiger charge is 2.33. The zero-order chi connectivity index (χ0) is 17.8. The summed E-state index contributed by atoms with van der Waals surface area (Å²) >= 11 is 0. The first-order valence-electron chi connectivity index (χ1n) is 9.45. The van der Waals surface area contributed by atoms with E-state index in [1.807, 2.05) is 6.07 Å². The van der Waals surface area contributed by atoms with E-state index in [2.05, 4.69) is 19.9 Å². The Bertz CT molecular complexity index is 548. The van der Waals surface area contributed by atoms with E-state index in [0.29, 0.717) is 12.2 Å². The van der Waals surface area contributed by atoms with Gasteiger partial charge in [0, 0.05) is 5.56 Å². The highest BCUT2D eigenvalue weighted by molar-refractivity contribution is 5.49. The van der Waals surface area contributed by atoms with Crippen molar-refractivity contribution in [2.45, 2.75) is 96.8 Å². The molecule has 1 N–H and O–H groups in total. The summed E-state index contributed by atoms with van der Waals surface area (Å²) in [5.74, 6) is 1.20. The van der Waals surface area contributed by atoms with Crippen LogP contribution in [-0.4, -0.2) is 16.4 Å². The van der Waals surface area contributed by atoms with Crippen molar-refractivity contribution < 1.29 is 14.2 Å². The van der Waals surface area contributed by atoms with Gasteiger partial charge in [0.05, 0.1) is 0 Å². The fourth-order valence-electron chi connectivity index (χ4n) is 3.52. The SMILES string of the molecule is CCCCCc1cc(O)c2c(c1)O[C@@](C)(CCCC(C)(C)F)CC2. The van der Waals surface area contributed by atoms with Crippen molar-refractivity contribution in [2.75, 3.05) is 0 Å². The second-order valence-corrected chi connectivity index (χ2v) is 8.17. The highest BCUT2D eigenvalue weighted by atomic mass is 19.1. The van der Waals surface area contributed by atoms with Gasteiger partial charge in [-0.05, 0) is 83.4 Å². The topological polar surface area (TPSA) is 29.5 Å². The molecular weight excluding hydrogens is 303 g/mol. The molecule has 0 saturated heterocycles. The summed E-state index contributed by atoms with van der Waals surface area (Å²) < 4.78 is 20.0. The molecule has 2 rings (SSSR count). The van der Waals surface area contributed by atoms with Crippen LogP contribution in [0.1, 0.15) is 83.8 Å². The summed E-state index contributed by atoms with van der Waals surface area (Å²) in [7, 11) is 0. The van der Waals surface area contributed by atoms with E-state index in [0.717, 1.165) is 55.4 Å². The van der Waals surface area contributed by atoms with Crippen LogP contribution in [0.4, 0.5) is 4.39 Å². The average Bonchev–Trinajstić information content (AvgIpc) is 2.45. The maximum atomic E-state index is 13.7. The lowest BCUT2D eigenvalue weighted by Gasteiger charge is -2.37. The van der Waals surface area contributed by atoms with Crippen LogP contribution in [0, 0.1) is 0 Å². The average molecular weight is 336 g/mol. The molecule has 1 atom stereocenters. The molecular formula is C21H33FO2. The van der Waals surface area contributed by atoms with Gasteiger partial charge in [-0.2, -0.15) is 0 Å². The lowest BCUT2D eigenvalue weighted by Crippen LogP contribution is -2.36. The molecule has 0 amide bonds. The van der Waals surface area contributed by atoms with Crippen molar-refractivity contribution >= 4 is 0 Å². The lowest BCUT2D eigenvalue weighted by atomic mass is 9.86. The molecule has 0 aromatic heterocycles. The number of unbranched alkanes of at least 4 members (excludes halogenated alkanes) is 2. The molecule has 3 heteroatoms. The largest absolute Gasteiger partial charge is 0.508 e. The van der Waals surface area contributed by atoms with E-state index in [4.69, 9.17) is 4.74 Å². The fourth-order valence-corrected chi connectivity index (χ4v) is 3.52. The van der Waals surface area contributed by atoms with Crippen LogP contribution in [-0.2, 0) is 12.8 Å². The predicted molar refractivity (Wildman–Crippen MR) is 97.7 cm³/mol. The van der Waals surface area contributed by atoms with Crippen LogP contribution < -0.4 is 4.74 Å². The van der Waals surface area contributed by atoms with Crippen molar-refractivity contribution in [3.8, 4) is 11.5 Å². The number of hydrogen-bond acceptors (Lipinski definition) is 2. The van der Waals surface area contributed by atoms with Crippen molar-refractivity contribution in [1.29, 1.82) is 0 Å². The first-order chi connectivity index (χ1) is 11.2. The Balaban J connectivity index is 2.04. The predicted octanol–water partition coefficient (Wildman–Crippen LogP) is 6.13. The van der Waals surface area contributed by atoms with Crippen LogP contribution in [0.25, 0.3) is 0 Å². The molecule has 2 nitrogen and oxygen atoms in total. The smallest absolute Gasteiger partial charge is 0.127 e. The molecule has 1 aromatic carbocycles. The second-order valence-electron chi connectivity index (χ2n) is 8.17. The molecule has 0 spiro atoms. The normalized spacial score (nSPS) is 20.5. The maximum Gasteiger partial charge on any atom is 0.127 e. The number of aryl methyl sites for hydroxylation is 1. The number of fused-ring (bicyclic) bond motifs is 1. The first-order valence-corrected chi connectivity index (χ1v) is 9.45. The van der Waals surface area contributed by atoms with Gasteiger partial charge in [-0.3, -0.25) is 0 Å². The molecule has 0 radical (unpaired) electrons. The second kappa shape index (κ2) is 7.76. The van der Waals surface area contributed by atoms with Crippen molar-refractivity contribution in [3.63, 3.8) is 0 Å². The van der Waals surface area contributed by atoms with E-state index in [-0.39, 0.29) is 5.60 Å². The Morgan fingerprint density at radius 2 is 2.00 bits per heavy atom. The van der Waals surface area contributed by atoms with Crippen LogP contribution in [0.15, 0.2) is 12.1 Å². The van der Waals surface area contributed by atoms with E-state index >= 15 is 0 Å². The van der Waals surface area contributed by atoms with Gasteiger partial charge in [0.2, 0.25) is 0 Å². The number of hydrogen-bond donors (Lipinski definition) is 1. The number of ether oxygens (including phenoxy) is 1. The number of halogens is 1. The number of rotatable bonds is 8. The van der Waals surface area contributed by atoms with Crippen molar-refractivity contribution in [2.24, 2.45) is 0 Å². The summed E-state index contributed by atoms with van der Waals surface area (Å²) in [5.41, 5.74) is 0.701. The minimum Gasteiger partial charge on any atom is -0.508 e.